The zero-order valence-electron chi connectivity index (χ0n) is 14.3. The first-order chi connectivity index (χ1) is 11.0. The number of hydrogen-bond donors (Lipinski definition) is 1. The lowest BCUT2D eigenvalue weighted by Gasteiger charge is -2.22. The van der Waals surface area contributed by atoms with E-state index in [1.54, 1.807) is 0 Å². The van der Waals surface area contributed by atoms with Gasteiger partial charge in [0.2, 0.25) is 0 Å². The van der Waals surface area contributed by atoms with E-state index in [0.717, 1.165) is 36.2 Å². The van der Waals surface area contributed by atoms with Crippen molar-refractivity contribution in [3.63, 3.8) is 0 Å². The predicted octanol–water partition coefficient (Wildman–Crippen LogP) is 3.24. The van der Waals surface area contributed by atoms with Gasteiger partial charge in [-0.2, -0.15) is 0 Å². The topological polar surface area (TPSA) is 32.6 Å². The second-order valence-corrected chi connectivity index (χ2v) is 6.27. The van der Waals surface area contributed by atoms with Crippen molar-refractivity contribution < 1.29 is 0 Å². The Hall–Kier alpha value is -1.94. The van der Waals surface area contributed by atoms with Crippen LogP contribution in [0.5, 0.6) is 0 Å². The van der Waals surface area contributed by atoms with Gasteiger partial charge in [0.05, 0.1) is 11.6 Å². The van der Waals surface area contributed by atoms with Crippen LogP contribution in [0.3, 0.4) is 0 Å². The number of aliphatic imine (C=N–C) groups is 1. The largest absolute Gasteiger partial charge is 0.356 e. The lowest BCUT2D eigenvalue weighted by molar-refractivity contribution is 0.462. The molecule has 1 heterocycles. The van der Waals surface area contributed by atoms with Crippen molar-refractivity contribution in [2.75, 3.05) is 20.6 Å². The van der Waals surface area contributed by atoms with Gasteiger partial charge in [0.25, 0.3) is 0 Å². The quantitative estimate of drug-likeness (QED) is 0.673. The summed E-state index contributed by atoms with van der Waals surface area (Å²) < 4.78 is 2.04. The fourth-order valence-electron chi connectivity index (χ4n) is 2.61. The highest BCUT2D eigenvalue weighted by Crippen LogP contribution is 2.14. The Labute approximate surface area is 143 Å². The summed E-state index contributed by atoms with van der Waals surface area (Å²) in [4.78, 5) is 6.46. The van der Waals surface area contributed by atoms with Gasteiger partial charge in [-0.15, -0.1) is 0 Å². The van der Waals surface area contributed by atoms with E-state index in [1.807, 2.05) is 38.0 Å². The van der Waals surface area contributed by atoms with Crippen molar-refractivity contribution in [2.45, 2.75) is 19.9 Å². The molecule has 1 aromatic heterocycles. The second kappa shape index (κ2) is 8.06. The number of rotatable bonds is 5. The zero-order chi connectivity index (χ0) is 16.8. The van der Waals surface area contributed by atoms with Crippen LogP contribution >= 0.6 is 11.6 Å². The minimum Gasteiger partial charge on any atom is -0.356 e. The van der Waals surface area contributed by atoms with Crippen LogP contribution < -0.4 is 5.32 Å². The lowest BCUT2D eigenvalue weighted by Crippen LogP contribution is -2.39. The van der Waals surface area contributed by atoms with Gasteiger partial charge >= 0.3 is 0 Å². The van der Waals surface area contributed by atoms with E-state index in [0.29, 0.717) is 0 Å². The molecule has 0 aliphatic rings. The van der Waals surface area contributed by atoms with Crippen LogP contribution in [0, 0.1) is 6.92 Å². The third-order valence-corrected chi connectivity index (χ3v) is 4.03. The van der Waals surface area contributed by atoms with Gasteiger partial charge in [-0.25, -0.2) is 0 Å². The fourth-order valence-corrected chi connectivity index (χ4v) is 2.88. The SMILES string of the molecule is CN=C(NCCc1cccc(C)c1)N(C)Cc1cc(Cl)cn1C. The van der Waals surface area contributed by atoms with Gasteiger partial charge in [-0.05, 0) is 25.0 Å². The number of benzene rings is 1. The molecule has 2 aromatic rings. The molecule has 0 unspecified atom stereocenters. The molecule has 2 rings (SSSR count). The van der Waals surface area contributed by atoms with Crippen LogP contribution in [0.2, 0.25) is 5.02 Å². The molecule has 4 nitrogen and oxygen atoms in total. The Bertz CT molecular complexity index is 675. The molecule has 0 saturated carbocycles. The number of aromatic nitrogens is 1. The molecule has 0 amide bonds. The summed E-state index contributed by atoms with van der Waals surface area (Å²) in [6.45, 7) is 3.73. The minimum absolute atomic E-state index is 0.757. The summed E-state index contributed by atoms with van der Waals surface area (Å²) in [6, 6.07) is 10.6. The van der Waals surface area contributed by atoms with Crippen LogP contribution in [-0.2, 0) is 20.0 Å². The molecule has 0 aliphatic heterocycles. The third kappa shape index (κ3) is 5.03. The maximum atomic E-state index is 6.04. The minimum atomic E-state index is 0.757. The maximum absolute atomic E-state index is 6.04. The first kappa shape index (κ1) is 17.4. The second-order valence-electron chi connectivity index (χ2n) is 5.83. The molecule has 0 spiro atoms. The maximum Gasteiger partial charge on any atom is 0.193 e. The van der Waals surface area contributed by atoms with Crippen molar-refractivity contribution in [2.24, 2.45) is 12.0 Å². The molecule has 0 fully saturated rings. The summed E-state index contributed by atoms with van der Waals surface area (Å²) >= 11 is 6.04. The van der Waals surface area contributed by atoms with Gasteiger partial charge < -0.3 is 14.8 Å². The van der Waals surface area contributed by atoms with Gasteiger partial charge in [0.15, 0.2) is 5.96 Å². The summed E-state index contributed by atoms with van der Waals surface area (Å²) in [5, 5.41) is 4.18. The molecule has 0 aliphatic carbocycles. The van der Waals surface area contributed by atoms with Crippen LogP contribution in [0.25, 0.3) is 0 Å². The normalized spacial score (nSPS) is 11.6. The van der Waals surface area contributed by atoms with E-state index < -0.39 is 0 Å². The molecule has 0 saturated heterocycles. The average Bonchev–Trinajstić information content (AvgIpc) is 2.81. The van der Waals surface area contributed by atoms with Gasteiger partial charge in [-0.3, -0.25) is 4.99 Å². The summed E-state index contributed by atoms with van der Waals surface area (Å²) in [5.74, 6) is 0.884. The van der Waals surface area contributed by atoms with Crippen LogP contribution in [0.15, 0.2) is 41.5 Å². The van der Waals surface area contributed by atoms with E-state index in [4.69, 9.17) is 11.6 Å². The molecule has 5 heteroatoms. The van der Waals surface area contributed by atoms with Crippen molar-refractivity contribution in [3.05, 3.63) is 58.4 Å². The number of halogens is 1. The molecule has 1 N–H and O–H groups in total. The van der Waals surface area contributed by atoms with E-state index in [2.05, 4.69) is 46.4 Å². The van der Waals surface area contributed by atoms with Gasteiger partial charge in [-0.1, -0.05) is 41.4 Å². The molecule has 23 heavy (non-hydrogen) atoms. The molecule has 124 valence electrons. The lowest BCUT2D eigenvalue weighted by atomic mass is 10.1. The Morgan fingerprint density at radius 3 is 2.74 bits per heavy atom. The molecular formula is C18H25ClN4. The van der Waals surface area contributed by atoms with Crippen molar-refractivity contribution >= 4 is 17.6 Å². The highest BCUT2D eigenvalue weighted by molar-refractivity contribution is 6.30. The molecular weight excluding hydrogens is 308 g/mol. The number of guanidine groups is 1. The van der Waals surface area contributed by atoms with Crippen molar-refractivity contribution in [1.29, 1.82) is 0 Å². The van der Waals surface area contributed by atoms with E-state index in [9.17, 15) is 0 Å². The van der Waals surface area contributed by atoms with Crippen molar-refractivity contribution in [3.8, 4) is 0 Å². The molecule has 0 radical (unpaired) electrons. The Kier molecular flexibility index (Phi) is 6.11. The fraction of sp³-hybridized carbons (Fsp3) is 0.389. The molecule has 1 aromatic carbocycles. The first-order valence-electron chi connectivity index (χ1n) is 7.77. The zero-order valence-corrected chi connectivity index (χ0v) is 15.1. The number of nitrogens with one attached hydrogen (secondary N) is 1. The number of nitrogens with zero attached hydrogens (tertiary/aromatic N) is 3. The van der Waals surface area contributed by atoms with Gasteiger partial charge in [0.1, 0.15) is 0 Å². The predicted molar refractivity (Wildman–Crippen MR) is 98.1 cm³/mol. The highest BCUT2D eigenvalue weighted by Gasteiger charge is 2.09. The summed E-state index contributed by atoms with van der Waals surface area (Å²) in [7, 11) is 5.84. The average molecular weight is 333 g/mol. The summed E-state index contributed by atoms with van der Waals surface area (Å²) in [5.41, 5.74) is 3.79. The van der Waals surface area contributed by atoms with E-state index in [-0.39, 0.29) is 0 Å². The number of aryl methyl sites for hydroxylation is 2. The van der Waals surface area contributed by atoms with E-state index >= 15 is 0 Å². The van der Waals surface area contributed by atoms with E-state index in [1.165, 1.54) is 11.1 Å². The van der Waals surface area contributed by atoms with Crippen LogP contribution in [0.4, 0.5) is 0 Å². The van der Waals surface area contributed by atoms with Crippen molar-refractivity contribution in [1.82, 2.24) is 14.8 Å². The standard InChI is InChI=1S/C18H25ClN4/c1-14-6-5-7-15(10-14)8-9-21-18(20-2)23(4)13-17-11-16(19)12-22(17)3/h5-7,10-12H,8-9,13H2,1-4H3,(H,20,21). The van der Waals surface area contributed by atoms with Gasteiger partial charge in [0, 0.05) is 39.6 Å². The Morgan fingerprint density at radius 1 is 1.35 bits per heavy atom. The highest BCUT2D eigenvalue weighted by atomic mass is 35.5. The number of hydrogen-bond acceptors (Lipinski definition) is 1. The molecule has 0 bridgehead atoms. The summed E-state index contributed by atoms with van der Waals surface area (Å²) in [6.07, 6.45) is 2.89. The Morgan fingerprint density at radius 2 is 2.13 bits per heavy atom. The van der Waals surface area contributed by atoms with Crippen LogP contribution in [-0.4, -0.2) is 36.1 Å². The first-order valence-corrected chi connectivity index (χ1v) is 8.15. The third-order valence-electron chi connectivity index (χ3n) is 3.83. The smallest absolute Gasteiger partial charge is 0.193 e. The van der Waals surface area contributed by atoms with Crippen LogP contribution in [0.1, 0.15) is 16.8 Å². The Balaban J connectivity index is 1.88. The molecule has 0 atom stereocenters. The monoisotopic (exact) mass is 332 g/mol.